The maximum atomic E-state index is 4.34. The molecule has 0 aliphatic heterocycles. The topological polar surface area (TPSA) is 24.9 Å². The van der Waals surface area contributed by atoms with E-state index in [2.05, 4.69) is 46.1 Å². The first-order valence-corrected chi connectivity index (χ1v) is 8.33. The second kappa shape index (κ2) is 7.39. The zero-order chi connectivity index (χ0) is 13.7. The quantitative estimate of drug-likeness (QED) is 0.848. The summed E-state index contributed by atoms with van der Waals surface area (Å²) in [5.41, 5.74) is 1.34. The van der Waals surface area contributed by atoms with Gasteiger partial charge < -0.3 is 5.32 Å². The summed E-state index contributed by atoms with van der Waals surface area (Å²) < 4.78 is 1.08. The van der Waals surface area contributed by atoms with Crippen LogP contribution >= 0.6 is 15.9 Å². The van der Waals surface area contributed by atoms with Crippen molar-refractivity contribution >= 4 is 15.9 Å². The van der Waals surface area contributed by atoms with Crippen LogP contribution in [-0.2, 0) is 0 Å². The standard InChI is InChI=1S/C16H25BrN2/c1-3-7-19-16(13-6-4-5-12(2)8-13)14-9-15(17)11-18-10-14/h9-13,16,19H,3-8H2,1-2H3. The number of halogens is 1. The lowest BCUT2D eigenvalue weighted by molar-refractivity contribution is 0.223. The van der Waals surface area contributed by atoms with Crippen LogP contribution in [0.5, 0.6) is 0 Å². The molecule has 0 amide bonds. The second-order valence-electron chi connectivity index (χ2n) is 5.90. The molecule has 0 saturated heterocycles. The highest BCUT2D eigenvalue weighted by Crippen LogP contribution is 2.37. The van der Waals surface area contributed by atoms with E-state index in [0.717, 1.165) is 22.9 Å². The van der Waals surface area contributed by atoms with Crippen molar-refractivity contribution in [1.82, 2.24) is 10.3 Å². The normalized spacial score (nSPS) is 25.2. The van der Waals surface area contributed by atoms with Crippen molar-refractivity contribution in [2.45, 2.75) is 52.0 Å². The summed E-state index contributed by atoms with van der Waals surface area (Å²) in [5, 5.41) is 3.74. The van der Waals surface area contributed by atoms with Gasteiger partial charge in [0.1, 0.15) is 0 Å². The highest BCUT2D eigenvalue weighted by atomic mass is 79.9. The SMILES string of the molecule is CCCNC(c1cncc(Br)c1)C1CCCC(C)C1. The molecule has 1 fully saturated rings. The number of nitrogens with zero attached hydrogens (tertiary/aromatic N) is 1. The van der Waals surface area contributed by atoms with Gasteiger partial charge in [-0.2, -0.15) is 0 Å². The van der Waals surface area contributed by atoms with E-state index in [1.807, 2.05) is 12.4 Å². The van der Waals surface area contributed by atoms with Gasteiger partial charge in [0, 0.05) is 22.9 Å². The zero-order valence-electron chi connectivity index (χ0n) is 12.0. The van der Waals surface area contributed by atoms with E-state index in [1.54, 1.807) is 0 Å². The Morgan fingerprint density at radius 2 is 2.26 bits per heavy atom. The number of hydrogen-bond acceptors (Lipinski definition) is 2. The molecule has 1 aromatic rings. The van der Waals surface area contributed by atoms with Crippen LogP contribution in [0.3, 0.4) is 0 Å². The summed E-state index contributed by atoms with van der Waals surface area (Å²) >= 11 is 3.54. The Morgan fingerprint density at radius 3 is 2.95 bits per heavy atom. The molecule has 3 unspecified atom stereocenters. The third-order valence-electron chi connectivity index (χ3n) is 4.15. The Kier molecular flexibility index (Phi) is 5.83. The molecular weight excluding hydrogens is 300 g/mol. The molecule has 1 aromatic heterocycles. The highest BCUT2D eigenvalue weighted by molar-refractivity contribution is 9.10. The molecule has 0 bridgehead atoms. The lowest BCUT2D eigenvalue weighted by Gasteiger charge is -2.34. The lowest BCUT2D eigenvalue weighted by Crippen LogP contribution is -2.32. The van der Waals surface area contributed by atoms with Gasteiger partial charge in [0.2, 0.25) is 0 Å². The molecule has 2 rings (SSSR count). The van der Waals surface area contributed by atoms with E-state index in [-0.39, 0.29) is 0 Å². The molecule has 3 heteroatoms. The van der Waals surface area contributed by atoms with Crippen molar-refractivity contribution < 1.29 is 0 Å². The van der Waals surface area contributed by atoms with Crippen molar-refractivity contribution in [3.8, 4) is 0 Å². The van der Waals surface area contributed by atoms with E-state index in [4.69, 9.17) is 0 Å². The first-order chi connectivity index (χ1) is 9.20. The van der Waals surface area contributed by atoms with Crippen molar-refractivity contribution in [2.24, 2.45) is 11.8 Å². The Hall–Kier alpha value is -0.410. The van der Waals surface area contributed by atoms with Gasteiger partial charge in [0.05, 0.1) is 0 Å². The smallest absolute Gasteiger partial charge is 0.0410 e. The Morgan fingerprint density at radius 1 is 1.42 bits per heavy atom. The van der Waals surface area contributed by atoms with Crippen LogP contribution in [0.2, 0.25) is 0 Å². The van der Waals surface area contributed by atoms with Crippen LogP contribution in [-0.4, -0.2) is 11.5 Å². The van der Waals surface area contributed by atoms with Crippen LogP contribution in [0.4, 0.5) is 0 Å². The Labute approximate surface area is 125 Å². The minimum atomic E-state index is 0.465. The molecule has 1 saturated carbocycles. The third-order valence-corrected chi connectivity index (χ3v) is 4.58. The molecule has 0 spiro atoms. The molecule has 106 valence electrons. The van der Waals surface area contributed by atoms with Crippen LogP contribution in [0.25, 0.3) is 0 Å². The molecule has 0 radical (unpaired) electrons. The highest BCUT2D eigenvalue weighted by Gasteiger charge is 2.27. The van der Waals surface area contributed by atoms with Gasteiger partial charge in [-0.1, -0.05) is 26.7 Å². The van der Waals surface area contributed by atoms with Crippen molar-refractivity contribution in [2.75, 3.05) is 6.54 Å². The van der Waals surface area contributed by atoms with Gasteiger partial charge in [0.15, 0.2) is 0 Å². The van der Waals surface area contributed by atoms with Gasteiger partial charge in [-0.05, 0) is 65.2 Å². The average Bonchev–Trinajstić information content (AvgIpc) is 2.39. The minimum absolute atomic E-state index is 0.465. The molecule has 2 nitrogen and oxygen atoms in total. The molecule has 0 aromatic carbocycles. The summed E-state index contributed by atoms with van der Waals surface area (Å²) in [6.07, 6.45) is 10.5. The summed E-state index contributed by atoms with van der Waals surface area (Å²) in [4.78, 5) is 4.34. The summed E-state index contributed by atoms with van der Waals surface area (Å²) in [5.74, 6) is 1.62. The zero-order valence-corrected chi connectivity index (χ0v) is 13.6. The molecule has 1 aliphatic rings. The van der Waals surface area contributed by atoms with Crippen LogP contribution in [0, 0.1) is 11.8 Å². The fourth-order valence-electron chi connectivity index (χ4n) is 3.24. The molecule has 1 aliphatic carbocycles. The maximum Gasteiger partial charge on any atom is 0.0410 e. The Balaban J connectivity index is 2.14. The monoisotopic (exact) mass is 324 g/mol. The first kappa shape index (κ1) is 15.0. The minimum Gasteiger partial charge on any atom is -0.310 e. The number of hydrogen-bond donors (Lipinski definition) is 1. The molecule has 3 atom stereocenters. The first-order valence-electron chi connectivity index (χ1n) is 7.54. The van der Waals surface area contributed by atoms with Gasteiger partial charge in [0.25, 0.3) is 0 Å². The van der Waals surface area contributed by atoms with Crippen molar-refractivity contribution in [3.05, 3.63) is 28.5 Å². The van der Waals surface area contributed by atoms with Crippen LogP contribution in [0.15, 0.2) is 22.9 Å². The summed E-state index contributed by atoms with van der Waals surface area (Å²) in [7, 11) is 0. The van der Waals surface area contributed by atoms with Gasteiger partial charge in [-0.15, -0.1) is 0 Å². The van der Waals surface area contributed by atoms with Gasteiger partial charge in [-0.25, -0.2) is 0 Å². The predicted octanol–water partition coefficient (Wildman–Crippen LogP) is 4.71. The summed E-state index contributed by atoms with van der Waals surface area (Å²) in [6.45, 7) is 5.71. The molecule has 1 heterocycles. The fourth-order valence-corrected chi connectivity index (χ4v) is 3.62. The predicted molar refractivity (Wildman–Crippen MR) is 84.1 cm³/mol. The average molecular weight is 325 g/mol. The maximum absolute atomic E-state index is 4.34. The van der Waals surface area contributed by atoms with Gasteiger partial charge in [-0.3, -0.25) is 4.98 Å². The third kappa shape index (κ3) is 4.28. The van der Waals surface area contributed by atoms with Crippen molar-refractivity contribution in [1.29, 1.82) is 0 Å². The lowest BCUT2D eigenvalue weighted by atomic mass is 9.77. The van der Waals surface area contributed by atoms with E-state index < -0.39 is 0 Å². The van der Waals surface area contributed by atoms with E-state index in [1.165, 1.54) is 37.7 Å². The van der Waals surface area contributed by atoms with E-state index in [9.17, 15) is 0 Å². The largest absolute Gasteiger partial charge is 0.310 e. The number of aromatic nitrogens is 1. The number of pyridine rings is 1. The summed E-state index contributed by atoms with van der Waals surface area (Å²) in [6, 6.07) is 2.69. The van der Waals surface area contributed by atoms with E-state index >= 15 is 0 Å². The molecule has 1 N–H and O–H groups in total. The van der Waals surface area contributed by atoms with E-state index in [0.29, 0.717) is 6.04 Å². The van der Waals surface area contributed by atoms with Crippen molar-refractivity contribution in [3.63, 3.8) is 0 Å². The van der Waals surface area contributed by atoms with Gasteiger partial charge >= 0.3 is 0 Å². The fraction of sp³-hybridized carbons (Fsp3) is 0.688. The second-order valence-corrected chi connectivity index (χ2v) is 6.82. The number of rotatable bonds is 5. The van der Waals surface area contributed by atoms with Crippen LogP contribution < -0.4 is 5.32 Å². The Bertz CT molecular complexity index is 394. The van der Waals surface area contributed by atoms with Crippen LogP contribution in [0.1, 0.15) is 57.6 Å². The molecule has 19 heavy (non-hydrogen) atoms. The number of nitrogens with one attached hydrogen (secondary N) is 1. The molecular formula is C16H25BrN2.